The summed E-state index contributed by atoms with van der Waals surface area (Å²) in [5.41, 5.74) is 0.668. The average Bonchev–Trinajstić information content (AvgIpc) is 2.90. The third kappa shape index (κ3) is 1.93. The Morgan fingerprint density at radius 1 is 1.29 bits per heavy atom. The molecule has 3 nitrogen and oxygen atoms in total. The van der Waals surface area contributed by atoms with Crippen LogP contribution in [0.25, 0.3) is 0 Å². The maximum Gasteiger partial charge on any atom is 0.228 e. The Hall–Kier alpha value is -1.77. The van der Waals surface area contributed by atoms with Crippen LogP contribution in [0.3, 0.4) is 0 Å². The van der Waals surface area contributed by atoms with E-state index in [0.717, 1.165) is 12.8 Å². The van der Waals surface area contributed by atoms with Gasteiger partial charge in [0.1, 0.15) is 5.75 Å². The number of hydrogen-bond donors (Lipinski definition) is 2. The Bertz CT molecular complexity index is 481. The van der Waals surface area contributed by atoms with Crippen LogP contribution in [-0.4, -0.2) is 11.0 Å². The Kier molecular flexibility index (Phi) is 2.39. The minimum absolute atomic E-state index is 0.0763. The monoisotopic (exact) mass is 229 g/mol. The number of carbonyl (C=O) groups excluding carboxylic acids is 1. The smallest absolute Gasteiger partial charge is 0.228 e. The van der Waals surface area contributed by atoms with Gasteiger partial charge in [0.05, 0.1) is 0 Å². The number of amides is 1. The molecule has 3 unspecified atom stereocenters. The molecule has 0 spiro atoms. The zero-order valence-corrected chi connectivity index (χ0v) is 9.47. The Balaban J connectivity index is 1.70. The molecule has 0 radical (unpaired) electrons. The number of benzene rings is 1. The summed E-state index contributed by atoms with van der Waals surface area (Å²) in [5.74, 6) is 1.37. The normalized spacial score (nSPS) is 29.5. The lowest BCUT2D eigenvalue weighted by molar-refractivity contribution is -0.120. The summed E-state index contributed by atoms with van der Waals surface area (Å²) in [5, 5.41) is 12.2. The molecular weight excluding hydrogens is 214 g/mol. The van der Waals surface area contributed by atoms with Crippen LogP contribution in [0.2, 0.25) is 0 Å². The molecule has 3 rings (SSSR count). The van der Waals surface area contributed by atoms with Gasteiger partial charge in [0.2, 0.25) is 5.91 Å². The number of allylic oxidation sites excluding steroid dienone is 2. The molecule has 0 aliphatic heterocycles. The highest BCUT2D eigenvalue weighted by atomic mass is 16.3. The third-order valence-corrected chi connectivity index (χ3v) is 3.73. The van der Waals surface area contributed by atoms with Crippen molar-refractivity contribution in [3.63, 3.8) is 0 Å². The summed E-state index contributed by atoms with van der Waals surface area (Å²) < 4.78 is 0. The molecule has 0 heterocycles. The first-order chi connectivity index (χ1) is 8.22. The summed E-state index contributed by atoms with van der Waals surface area (Å²) in [6, 6.07) is 6.68. The van der Waals surface area contributed by atoms with E-state index in [1.807, 2.05) is 0 Å². The van der Waals surface area contributed by atoms with Crippen molar-refractivity contribution in [2.24, 2.45) is 17.8 Å². The van der Waals surface area contributed by atoms with E-state index < -0.39 is 0 Å². The van der Waals surface area contributed by atoms with Crippen molar-refractivity contribution in [2.45, 2.75) is 12.8 Å². The van der Waals surface area contributed by atoms with Gasteiger partial charge in [0, 0.05) is 17.7 Å². The van der Waals surface area contributed by atoms with Gasteiger partial charge >= 0.3 is 0 Å². The van der Waals surface area contributed by atoms with Crippen molar-refractivity contribution in [1.82, 2.24) is 0 Å². The molecule has 3 heteroatoms. The van der Waals surface area contributed by atoms with Crippen molar-refractivity contribution in [2.75, 3.05) is 5.32 Å². The van der Waals surface area contributed by atoms with E-state index in [2.05, 4.69) is 17.5 Å². The molecule has 1 fully saturated rings. The molecule has 1 saturated carbocycles. The van der Waals surface area contributed by atoms with Gasteiger partial charge in [0.15, 0.2) is 0 Å². The number of phenols is 1. The van der Waals surface area contributed by atoms with Gasteiger partial charge < -0.3 is 10.4 Å². The first-order valence-corrected chi connectivity index (χ1v) is 6.00. The summed E-state index contributed by atoms with van der Waals surface area (Å²) >= 11 is 0. The number of hydrogen-bond acceptors (Lipinski definition) is 2. The first kappa shape index (κ1) is 10.4. The van der Waals surface area contributed by atoms with Gasteiger partial charge in [-0.1, -0.05) is 18.2 Å². The molecule has 17 heavy (non-hydrogen) atoms. The van der Waals surface area contributed by atoms with Crippen LogP contribution in [0.5, 0.6) is 5.75 Å². The van der Waals surface area contributed by atoms with Crippen LogP contribution in [0.15, 0.2) is 36.4 Å². The number of rotatable bonds is 2. The highest BCUT2D eigenvalue weighted by Gasteiger charge is 2.39. The molecule has 88 valence electrons. The fraction of sp³-hybridized carbons (Fsp3) is 0.357. The minimum atomic E-state index is 0.0763. The maximum absolute atomic E-state index is 12.1. The second-order valence-electron chi connectivity index (χ2n) is 4.93. The second-order valence-corrected chi connectivity index (χ2v) is 4.93. The number of nitrogens with one attached hydrogen (secondary N) is 1. The predicted octanol–water partition coefficient (Wildman–Crippen LogP) is 2.54. The van der Waals surface area contributed by atoms with Gasteiger partial charge in [-0.3, -0.25) is 4.79 Å². The first-order valence-electron chi connectivity index (χ1n) is 6.00. The average molecular weight is 229 g/mol. The molecule has 2 bridgehead atoms. The van der Waals surface area contributed by atoms with E-state index in [4.69, 9.17) is 0 Å². The van der Waals surface area contributed by atoms with Crippen molar-refractivity contribution >= 4 is 11.6 Å². The van der Waals surface area contributed by atoms with Crippen LogP contribution >= 0.6 is 0 Å². The highest BCUT2D eigenvalue weighted by molar-refractivity contribution is 5.93. The van der Waals surface area contributed by atoms with Crippen LogP contribution in [-0.2, 0) is 4.79 Å². The van der Waals surface area contributed by atoms with Crippen LogP contribution < -0.4 is 5.32 Å². The molecule has 0 saturated heterocycles. The SMILES string of the molecule is O=C(Nc1cccc(O)c1)C1CC2C=CC1C2. The largest absolute Gasteiger partial charge is 0.508 e. The molecule has 1 amide bonds. The highest BCUT2D eigenvalue weighted by Crippen LogP contribution is 2.43. The molecule has 2 aliphatic rings. The van der Waals surface area contributed by atoms with Crippen molar-refractivity contribution in [3.05, 3.63) is 36.4 Å². The van der Waals surface area contributed by atoms with E-state index in [1.165, 1.54) is 0 Å². The van der Waals surface area contributed by atoms with Crippen molar-refractivity contribution in [3.8, 4) is 5.75 Å². The van der Waals surface area contributed by atoms with E-state index in [1.54, 1.807) is 24.3 Å². The molecule has 0 aromatic heterocycles. The van der Waals surface area contributed by atoms with E-state index in [0.29, 0.717) is 17.5 Å². The quantitative estimate of drug-likeness (QED) is 0.766. The van der Waals surface area contributed by atoms with Gasteiger partial charge in [-0.2, -0.15) is 0 Å². The fourth-order valence-electron chi connectivity index (χ4n) is 2.90. The van der Waals surface area contributed by atoms with Gasteiger partial charge in [-0.05, 0) is 36.8 Å². The summed E-state index contributed by atoms with van der Waals surface area (Å²) in [6.07, 6.45) is 6.48. The zero-order valence-electron chi connectivity index (χ0n) is 9.47. The summed E-state index contributed by atoms with van der Waals surface area (Å²) in [6.45, 7) is 0. The summed E-state index contributed by atoms with van der Waals surface area (Å²) in [7, 11) is 0. The van der Waals surface area contributed by atoms with E-state index in [-0.39, 0.29) is 17.6 Å². The van der Waals surface area contributed by atoms with Gasteiger partial charge in [-0.15, -0.1) is 0 Å². The molecule has 1 aromatic rings. The lowest BCUT2D eigenvalue weighted by Gasteiger charge is -2.17. The molecule has 1 aromatic carbocycles. The Labute approximate surface area is 100 Å². The number of aromatic hydroxyl groups is 1. The predicted molar refractivity (Wildman–Crippen MR) is 65.6 cm³/mol. The molecule has 3 atom stereocenters. The standard InChI is InChI=1S/C14H15NO2/c16-12-3-1-2-11(8-12)15-14(17)13-7-9-4-5-10(13)6-9/h1-5,8-10,13,16H,6-7H2,(H,15,17). The van der Waals surface area contributed by atoms with Gasteiger partial charge in [-0.25, -0.2) is 0 Å². The molecular formula is C14H15NO2. The van der Waals surface area contributed by atoms with E-state index >= 15 is 0 Å². The second kappa shape index (κ2) is 3.91. The number of carbonyl (C=O) groups is 1. The minimum Gasteiger partial charge on any atom is -0.508 e. The Morgan fingerprint density at radius 2 is 2.18 bits per heavy atom. The van der Waals surface area contributed by atoms with Crippen LogP contribution in [0, 0.1) is 17.8 Å². The van der Waals surface area contributed by atoms with E-state index in [9.17, 15) is 9.90 Å². The van der Waals surface area contributed by atoms with Crippen molar-refractivity contribution < 1.29 is 9.90 Å². The lowest BCUT2D eigenvalue weighted by atomic mass is 9.93. The lowest BCUT2D eigenvalue weighted by Crippen LogP contribution is -2.25. The summed E-state index contributed by atoms with van der Waals surface area (Å²) in [4.78, 5) is 12.1. The number of phenolic OH excluding ortho intramolecular Hbond substituents is 1. The molecule has 2 aliphatic carbocycles. The van der Waals surface area contributed by atoms with Gasteiger partial charge in [0.25, 0.3) is 0 Å². The maximum atomic E-state index is 12.1. The number of fused-ring (bicyclic) bond motifs is 2. The zero-order chi connectivity index (χ0) is 11.8. The van der Waals surface area contributed by atoms with Crippen molar-refractivity contribution in [1.29, 1.82) is 0 Å². The Morgan fingerprint density at radius 3 is 2.82 bits per heavy atom. The molecule has 2 N–H and O–H groups in total. The number of anilines is 1. The topological polar surface area (TPSA) is 49.3 Å². The van der Waals surface area contributed by atoms with Crippen LogP contribution in [0.1, 0.15) is 12.8 Å². The fourth-order valence-corrected chi connectivity index (χ4v) is 2.90. The van der Waals surface area contributed by atoms with Crippen LogP contribution in [0.4, 0.5) is 5.69 Å². The third-order valence-electron chi connectivity index (χ3n) is 3.73.